The van der Waals surface area contributed by atoms with Crippen LogP contribution in [0.5, 0.6) is 0 Å². The van der Waals surface area contributed by atoms with E-state index in [0.29, 0.717) is 22.8 Å². The Morgan fingerprint density at radius 2 is 2.14 bits per heavy atom. The summed E-state index contributed by atoms with van der Waals surface area (Å²) in [7, 11) is 3.64. The highest BCUT2D eigenvalue weighted by molar-refractivity contribution is 6.33. The molecule has 0 bridgehead atoms. The molecule has 1 aromatic carbocycles. The molecule has 21 heavy (non-hydrogen) atoms. The normalized spacial score (nSPS) is 12.2. The van der Waals surface area contributed by atoms with E-state index in [4.69, 9.17) is 11.6 Å². The van der Waals surface area contributed by atoms with Gasteiger partial charge in [-0.1, -0.05) is 29.8 Å². The van der Waals surface area contributed by atoms with E-state index in [0.717, 1.165) is 5.56 Å². The number of halogens is 1. The van der Waals surface area contributed by atoms with Crippen LogP contribution < -0.4 is 10.6 Å². The number of nitrogens with one attached hydrogen (secondary N) is 2. The van der Waals surface area contributed by atoms with Crippen LogP contribution in [0.2, 0.25) is 5.02 Å². The molecule has 0 aliphatic heterocycles. The first kappa shape index (κ1) is 15.5. The maximum absolute atomic E-state index is 12.3. The van der Waals surface area contributed by atoms with Crippen LogP contribution in [0, 0.1) is 0 Å². The zero-order chi connectivity index (χ0) is 15.4. The summed E-state index contributed by atoms with van der Waals surface area (Å²) in [5.41, 5.74) is 1.87. The molecule has 0 aliphatic carbocycles. The molecule has 1 atom stereocenters. The lowest BCUT2D eigenvalue weighted by Crippen LogP contribution is -2.37. The van der Waals surface area contributed by atoms with Crippen LogP contribution in [-0.4, -0.2) is 35.3 Å². The predicted molar refractivity (Wildman–Crippen MR) is 84.5 cm³/mol. The van der Waals surface area contributed by atoms with E-state index in [2.05, 4.69) is 15.7 Å². The minimum Gasteiger partial charge on any atom is -0.350 e. The average Bonchev–Trinajstić information content (AvgIpc) is 2.86. The van der Waals surface area contributed by atoms with Gasteiger partial charge in [-0.2, -0.15) is 5.10 Å². The van der Waals surface area contributed by atoms with Crippen molar-refractivity contribution in [3.8, 4) is 11.3 Å². The van der Waals surface area contributed by atoms with Crippen molar-refractivity contribution in [1.82, 2.24) is 20.4 Å². The van der Waals surface area contributed by atoms with Crippen LogP contribution in [0.3, 0.4) is 0 Å². The summed E-state index contributed by atoms with van der Waals surface area (Å²) in [6, 6.07) is 7.58. The van der Waals surface area contributed by atoms with Crippen molar-refractivity contribution in [2.45, 2.75) is 13.0 Å². The van der Waals surface area contributed by atoms with E-state index < -0.39 is 0 Å². The molecule has 0 fully saturated rings. The van der Waals surface area contributed by atoms with Crippen molar-refractivity contribution in [2.24, 2.45) is 7.05 Å². The summed E-state index contributed by atoms with van der Waals surface area (Å²) in [5, 5.41) is 10.9. The summed E-state index contributed by atoms with van der Waals surface area (Å²) in [5.74, 6) is -0.153. The molecule has 1 amide bonds. The second kappa shape index (κ2) is 6.74. The number of hydrogen-bond acceptors (Lipinski definition) is 3. The number of hydrogen-bond donors (Lipinski definition) is 2. The minimum atomic E-state index is -0.153. The van der Waals surface area contributed by atoms with Crippen LogP contribution in [0.4, 0.5) is 0 Å². The van der Waals surface area contributed by atoms with Gasteiger partial charge in [0.2, 0.25) is 0 Å². The van der Waals surface area contributed by atoms with Crippen LogP contribution in [-0.2, 0) is 7.05 Å². The van der Waals surface area contributed by atoms with Crippen molar-refractivity contribution in [3.63, 3.8) is 0 Å². The molecule has 112 valence electrons. The first-order valence-corrected chi connectivity index (χ1v) is 7.14. The maximum Gasteiger partial charge on any atom is 0.255 e. The maximum atomic E-state index is 12.3. The van der Waals surface area contributed by atoms with Gasteiger partial charge in [-0.3, -0.25) is 9.48 Å². The number of benzene rings is 1. The Balaban J connectivity index is 2.29. The van der Waals surface area contributed by atoms with Gasteiger partial charge in [-0.15, -0.1) is 0 Å². The van der Waals surface area contributed by atoms with Gasteiger partial charge in [0, 0.05) is 31.4 Å². The first-order chi connectivity index (χ1) is 10.0. The molecule has 5 nitrogen and oxygen atoms in total. The Kier molecular flexibility index (Phi) is 4.98. The number of rotatable bonds is 5. The monoisotopic (exact) mass is 306 g/mol. The molecule has 0 saturated heterocycles. The fraction of sp³-hybridized carbons (Fsp3) is 0.333. The summed E-state index contributed by atoms with van der Waals surface area (Å²) in [6.45, 7) is 2.55. The smallest absolute Gasteiger partial charge is 0.255 e. The molecule has 1 heterocycles. The van der Waals surface area contributed by atoms with Crippen molar-refractivity contribution in [1.29, 1.82) is 0 Å². The Bertz CT molecular complexity index is 638. The number of nitrogens with zero attached hydrogens (tertiary/aromatic N) is 2. The topological polar surface area (TPSA) is 58.9 Å². The summed E-state index contributed by atoms with van der Waals surface area (Å²) in [4.78, 5) is 12.3. The third kappa shape index (κ3) is 3.62. The van der Waals surface area contributed by atoms with Crippen molar-refractivity contribution in [3.05, 3.63) is 41.0 Å². The van der Waals surface area contributed by atoms with Crippen molar-refractivity contribution >= 4 is 17.5 Å². The van der Waals surface area contributed by atoms with Gasteiger partial charge < -0.3 is 10.6 Å². The summed E-state index contributed by atoms with van der Waals surface area (Å²) < 4.78 is 1.62. The molecule has 0 spiro atoms. The molecule has 2 rings (SSSR count). The number of amides is 1. The Morgan fingerprint density at radius 3 is 2.81 bits per heavy atom. The van der Waals surface area contributed by atoms with Gasteiger partial charge in [0.05, 0.1) is 10.6 Å². The van der Waals surface area contributed by atoms with Crippen LogP contribution in [0.25, 0.3) is 11.3 Å². The number of likely N-dealkylation sites (N-methyl/N-ethyl adjacent to an activating group) is 1. The molecular weight excluding hydrogens is 288 g/mol. The van der Waals surface area contributed by atoms with Crippen LogP contribution in [0.1, 0.15) is 17.3 Å². The molecule has 2 aromatic rings. The van der Waals surface area contributed by atoms with Gasteiger partial charge in [-0.25, -0.2) is 0 Å². The predicted octanol–water partition coefficient (Wildman–Crippen LogP) is 2.08. The van der Waals surface area contributed by atoms with E-state index in [-0.39, 0.29) is 11.9 Å². The third-order valence-corrected chi connectivity index (χ3v) is 3.59. The number of aryl methyl sites for hydroxylation is 1. The van der Waals surface area contributed by atoms with Crippen molar-refractivity contribution < 1.29 is 4.79 Å². The lowest BCUT2D eigenvalue weighted by molar-refractivity contribution is 0.0951. The highest BCUT2D eigenvalue weighted by atomic mass is 35.5. The Hall–Kier alpha value is -1.85. The zero-order valence-electron chi connectivity index (χ0n) is 12.4. The quantitative estimate of drug-likeness (QED) is 0.889. The highest BCUT2D eigenvalue weighted by Gasteiger charge is 2.18. The van der Waals surface area contributed by atoms with Gasteiger partial charge in [0.25, 0.3) is 5.91 Å². The highest BCUT2D eigenvalue weighted by Crippen LogP contribution is 2.28. The van der Waals surface area contributed by atoms with Crippen LogP contribution >= 0.6 is 11.6 Å². The standard InChI is InChI=1S/C15H19ClN4O/c1-10(17-2)8-18-15(21)12-9-20(3)19-14(12)11-6-4-5-7-13(11)16/h4-7,9-10,17H,8H2,1-3H3,(H,18,21). The lowest BCUT2D eigenvalue weighted by Gasteiger charge is -2.11. The third-order valence-electron chi connectivity index (χ3n) is 3.26. The summed E-state index contributed by atoms with van der Waals surface area (Å²) in [6.07, 6.45) is 1.71. The molecule has 0 saturated carbocycles. The fourth-order valence-corrected chi connectivity index (χ4v) is 2.18. The van der Waals surface area contributed by atoms with E-state index >= 15 is 0 Å². The number of aromatic nitrogens is 2. The molecule has 0 aliphatic rings. The Morgan fingerprint density at radius 1 is 1.43 bits per heavy atom. The molecular formula is C15H19ClN4O. The fourth-order valence-electron chi connectivity index (χ4n) is 1.95. The van der Waals surface area contributed by atoms with Gasteiger partial charge in [-0.05, 0) is 20.0 Å². The van der Waals surface area contributed by atoms with E-state index in [1.807, 2.05) is 32.2 Å². The SMILES string of the molecule is CNC(C)CNC(=O)c1cn(C)nc1-c1ccccc1Cl. The second-order valence-electron chi connectivity index (χ2n) is 4.94. The minimum absolute atomic E-state index is 0.153. The van der Waals surface area contributed by atoms with Crippen molar-refractivity contribution in [2.75, 3.05) is 13.6 Å². The molecule has 0 radical (unpaired) electrons. The van der Waals surface area contributed by atoms with E-state index in [1.165, 1.54) is 0 Å². The zero-order valence-corrected chi connectivity index (χ0v) is 13.1. The second-order valence-corrected chi connectivity index (χ2v) is 5.35. The number of carbonyl (C=O) groups is 1. The first-order valence-electron chi connectivity index (χ1n) is 6.77. The summed E-state index contributed by atoms with van der Waals surface area (Å²) >= 11 is 6.20. The lowest BCUT2D eigenvalue weighted by atomic mass is 10.1. The molecule has 2 N–H and O–H groups in total. The Labute approximate surface area is 129 Å². The molecule has 6 heteroatoms. The van der Waals surface area contributed by atoms with Gasteiger partial charge in [0.15, 0.2) is 0 Å². The number of carbonyl (C=O) groups excluding carboxylic acids is 1. The largest absolute Gasteiger partial charge is 0.350 e. The molecule has 1 aromatic heterocycles. The van der Waals surface area contributed by atoms with E-state index in [1.54, 1.807) is 24.0 Å². The van der Waals surface area contributed by atoms with Gasteiger partial charge >= 0.3 is 0 Å². The molecule has 1 unspecified atom stereocenters. The van der Waals surface area contributed by atoms with Crippen LogP contribution in [0.15, 0.2) is 30.5 Å². The average molecular weight is 307 g/mol. The van der Waals surface area contributed by atoms with Gasteiger partial charge in [0.1, 0.15) is 5.69 Å². The van der Waals surface area contributed by atoms with E-state index in [9.17, 15) is 4.79 Å².